The minimum Gasteiger partial charge on any atom is -0.350 e. The summed E-state index contributed by atoms with van der Waals surface area (Å²) in [5.41, 5.74) is 4.31. The van der Waals surface area contributed by atoms with Crippen molar-refractivity contribution in [1.29, 1.82) is 0 Å². The van der Waals surface area contributed by atoms with Crippen LogP contribution < -0.4 is 10.6 Å². The van der Waals surface area contributed by atoms with Gasteiger partial charge in [-0.1, -0.05) is 41.5 Å². The molecule has 0 unspecified atom stereocenters. The number of amides is 2. The van der Waals surface area contributed by atoms with Crippen LogP contribution in [0.5, 0.6) is 0 Å². The Bertz CT molecular complexity index is 874. The van der Waals surface area contributed by atoms with Gasteiger partial charge in [-0.05, 0) is 56.7 Å². The summed E-state index contributed by atoms with van der Waals surface area (Å²) < 4.78 is 0. The molecule has 2 amide bonds. The van der Waals surface area contributed by atoms with Gasteiger partial charge in [0, 0.05) is 24.8 Å². The minimum atomic E-state index is -0.246. The Kier molecular flexibility index (Phi) is 6.95. The van der Waals surface area contributed by atoms with E-state index in [4.69, 9.17) is 0 Å². The zero-order valence-electron chi connectivity index (χ0n) is 16.3. The van der Waals surface area contributed by atoms with E-state index in [1.807, 2.05) is 31.2 Å². The second kappa shape index (κ2) is 9.83. The molecule has 0 bridgehead atoms. The molecule has 146 valence electrons. The maximum absolute atomic E-state index is 12.4. The van der Waals surface area contributed by atoms with Gasteiger partial charge in [-0.3, -0.25) is 14.6 Å². The van der Waals surface area contributed by atoms with Gasteiger partial charge in [0.05, 0.1) is 0 Å². The van der Waals surface area contributed by atoms with Crippen LogP contribution in [0.1, 0.15) is 64.1 Å². The Hall–Kier alpha value is -2.95. The van der Waals surface area contributed by atoms with Crippen LogP contribution >= 0.6 is 0 Å². The van der Waals surface area contributed by atoms with Gasteiger partial charge in [-0.2, -0.15) is 0 Å². The Balaban J connectivity index is 1.52. The third kappa shape index (κ3) is 5.78. The van der Waals surface area contributed by atoms with E-state index in [-0.39, 0.29) is 17.5 Å². The van der Waals surface area contributed by atoms with Gasteiger partial charge in [-0.15, -0.1) is 0 Å². The third-order valence-electron chi connectivity index (χ3n) is 4.91. The molecular weight excluding hydrogens is 350 g/mol. The van der Waals surface area contributed by atoms with Crippen LogP contribution in [0.15, 0.2) is 54.2 Å². The zero-order chi connectivity index (χ0) is 19.8. The molecule has 0 aliphatic heterocycles. The average molecular weight is 377 g/mol. The molecule has 5 heteroatoms. The number of carbonyl (C=O) groups is 2. The van der Waals surface area contributed by atoms with E-state index in [9.17, 15) is 9.59 Å². The molecule has 0 radical (unpaired) electrons. The first-order valence-corrected chi connectivity index (χ1v) is 9.88. The first kappa shape index (κ1) is 19.8. The number of carbonyl (C=O) groups excluding carboxylic acids is 2. The highest BCUT2D eigenvalue weighted by atomic mass is 16.2. The largest absolute Gasteiger partial charge is 0.350 e. The van der Waals surface area contributed by atoms with E-state index in [2.05, 4.69) is 21.7 Å². The summed E-state index contributed by atoms with van der Waals surface area (Å²) in [4.78, 5) is 28.9. The Morgan fingerprint density at radius 1 is 1.07 bits per heavy atom. The van der Waals surface area contributed by atoms with E-state index in [0.717, 1.165) is 30.4 Å². The molecule has 0 atom stereocenters. The number of pyridine rings is 1. The normalized spacial score (nSPS) is 13.5. The molecule has 0 saturated carbocycles. The first-order chi connectivity index (χ1) is 13.6. The highest BCUT2D eigenvalue weighted by Gasteiger charge is 2.12. The number of rotatable bonds is 7. The highest BCUT2D eigenvalue weighted by Crippen LogP contribution is 2.19. The smallest absolute Gasteiger partial charge is 0.269 e. The molecule has 0 fully saturated rings. The maximum atomic E-state index is 12.4. The maximum Gasteiger partial charge on any atom is 0.269 e. The standard InChI is InChI=1S/C23H27N3O2/c1-17-6-5-9-19(14-17)16-26-22(27)20-11-13-24-21(15-20)23(28)25-12-10-18-7-3-2-4-8-18/h5-7,9,11,13-15H,2-4,8,10,12,16H2,1H3,(H,25,28)(H,26,27). The average Bonchev–Trinajstić information content (AvgIpc) is 2.73. The van der Waals surface area contributed by atoms with Gasteiger partial charge in [-0.25, -0.2) is 0 Å². The molecule has 28 heavy (non-hydrogen) atoms. The summed E-state index contributed by atoms with van der Waals surface area (Å²) in [6, 6.07) is 11.2. The number of aromatic nitrogens is 1. The first-order valence-electron chi connectivity index (χ1n) is 9.88. The lowest BCUT2D eigenvalue weighted by Crippen LogP contribution is -2.27. The number of aryl methyl sites for hydroxylation is 1. The predicted molar refractivity (Wildman–Crippen MR) is 110 cm³/mol. The second-order valence-electron chi connectivity index (χ2n) is 7.22. The van der Waals surface area contributed by atoms with Crippen molar-refractivity contribution in [1.82, 2.24) is 15.6 Å². The van der Waals surface area contributed by atoms with E-state index in [1.54, 1.807) is 12.1 Å². The second-order valence-corrected chi connectivity index (χ2v) is 7.22. The van der Waals surface area contributed by atoms with Crippen molar-refractivity contribution in [2.45, 2.75) is 45.6 Å². The van der Waals surface area contributed by atoms with Crippen LogP contribution in [0, 0.1) is 6.92 Å². The molecule has 5 nitrogen and oxygen atoms in total. The SMILES string of the molecule is Cc1cccc(CNC(=O)c2ccnc(C(=O)NCCC3=CCCCC3)c2)c1. The van der Waals surface area contributed by atoms with Crippen molar-refractivity contribution in [2.24, 2.45) is 0 Å². The van der Waals surface area contributed by atoms with Crippen molar-refractivity contribution in [3.63, 3.8) is 0 Å². The Morgan fingerprint density at radius 3 is 2.75 bits per heavy atom. The van der Waals surface area contributed by atoms with Crippen LogP contribution in [0.2, 0.25) is 0 Å². The van der Waals surface area contributed by atoms with Crippen molar-refractivity contribution < 1.29 is 9.59 Å². The third-order valence-corrected chi connectivity index (χ3v) is 4.91. The number of nitrogens with one attached hydrogen (secondary N) is 2. The minimum absolute atomic E-state index is 0.217. The molecule has 1 aliphatic carbocycles. The number of nitrogens with zero attached hydrogens (tertiary/aromatic N) is 1. The molecule has 1 heterocycles. The molecule has 0 saturated heterocycles. The lowest BCUT2D eigenvalue weighted by molar-refractivity contribution is 0.0949. The zero-order valence-corrected chi connectivity index (χ0v) is 16.3. The van der Waals surface area contributed by atoms with Gasteiger partial charge in [0.15, 0.2) is 0 Å². The van der Waals surface area contributed by atoms with E-state index < -0.39 is 0 Å². The molecule has 1 aliphatic rings. The number of benzene rings is 1. The van der Waals surface area contributed by atoms with Crippen LogP contribution in [0.25, 0.3) is 0 Å². The number of hydrogen-bond acceptors (Lipinski definition) is 3. The summed E-state index contributed by atoms with van der Waals surface area (Å²) in [5, 5.41) is 5.79. The molecule has 0 spiro atoms. The van der Waals surface area contributed by atoms with Crippen molar-refractivity contribution in [2.75, 3.05) is 6.54 Å². The molecule has 2 N–H and O–H groups in total. The lowest BCUT2D eigenvalue weighted by atomic mass is 9.97. The van der Waals surface area contributed by atoms with Gasteiger partial charge in [0.2, 0.25) is 0 Å². The molecule has 3 rings (SSSR count). The van der Waals surface area contributed by atoms with Crippen molar-refractivity contribution in [3.8, 4) is 0 Å². The quantitative estimate of drug-likeness (QED) is 0.718. The Labute approximate surface area is 166 Å². The molecule has 1 aromatic carbocycles. The molecule has 1 aromatic heterocycles. The fraction of sp³-hybridized carbons (Fsp3) is 0.348. The summed E-state index contributed by atoms with van der Waals surface area (Å²) in [6.07, 6.45) is 9.43. The highest BCUT2D eigenvalue weighted by molar-refractivity contribution is 5.98. The summed E-state index contributed by atoms with van der Waals surface area (Å²) in [6.45, 7) is 3.06. The summed E-state index contributed by atoms with van der Waals surface area (Å²) in [5.74, 6) is -0.463. The predicted octanol–water partition coefficient (Wildman–Crippen LogP) is 3.94. The van der Waals surface area contributed by atoms with Crippen LogP contribution in [0.4, 0.5) is 0 Å². The van der Waals surface area contributed by atoms with Crippen LogP contribution in [-0.2, 0) is 6.54 Å². The Morgan fingerprint density at radius 2 is 1.96 bits per heavy atom. The van der Waals surface area contributed by atoms with Gasteiger partial charge in [0.25, 0.3) is 11.8 Å². The summed E-state index contributed by atoms with van der Waals surface area (Å²) >= 11 is 0. The van der Waals surface area contributed by atoms with Gasteiger partial charge >= 0.3 is 0 Å². The van der Waals surface area contributed by atoms with Crippen molar-refractivity contribution in [3.05, 3.63) is 76.6 Å². The van der Waals surface area contributed by atoms with Crippen LogP contribution in [0.3, 0.4) is 0 Å². The van der Waals surface area contributed by atoms with E-state index in [0.29, 0.717) is 18.7 Å². The monoisotopic (exact) mass is 377 g/mol. The summed E-state index contributed by atoms with van der Waals surface area (Å²) in [7, 11) is 0. The van der Waals surface area contributed by atoms with Crippen molar-refractivity contribution >= 4 is 11.8 Å². The topological polar surface area (TPSA) is 71.1 Å². The van der Waals surface area contributed by atoms with Gasteiger partial charge in [0.1, 0.15) is 5.69 Å². The number of allylic oxidation sites excluding steroid dienone is 1. The molecule has 2 aromatic rings. The van der Waals surface area contributed by atoms with E-state index in [1.165, 1.54) is 24.6 Å². The molecular formula is C23H27N3O2. The van der Waals surface area contributed by atoms with E-state index >= 15 is 0 Å². The lowest BCUT2D eigenvalue weighted by Gasteiger charge is -2.13. The van der Waals surface area contributed by atoms with Crippen LogP contribution in [-0.4, -0.2) is 23.3 Å². The fourth-order valence-corrected chi connectivity index (χ4v) is 3.36. The number of hydrogen-bond donors (Lipinski definition) is 2. The van der Waals surface area contributed by atoms with Gasteiger partial charge < -0.3 is 10.6 Å². The fourth-order valence-electron chi connectivity index (χ4n) is 3.36.